The van der Waals surface area contributed by atoms with E-state index >= 15 is 0 Å². The van der Waals surface area contributed by atoms with Crippen molar-refractivity contribution in [3.63, 3.8) is 0 Å². The van der Waals surface area contributed by atoms with Gasteiger partial charge >= 0.3 is 0 Å². The third-order valence-corrected chi connectivity index (χ3v) is 4.26. The Bertz CT molecular complexity index is 420. The third-order valence-electron chi connectivity index (χ3n) is 4.26. The van der Waals surface area contributed by atoms with Gasteiger partial charge in [0.05, 0.1) is 0 Å². The standard InChI is InChI=1S/C21H34O/c1-3-5-6-7-8-9-10-11-12-13-15-19-16-17-21(22)20(18-19)14-4-2/h4,14,16-18,22H,3,5-13,15H2,1-2H3/b14-4+. The highest BCUT2D eigenvalue weighted by atomic mass is 16.3. The normalized spacial score (nSPS) is 11.4. The van der Waals surface area contributed by atoms with E-state index in [0.717, 1.165) is 12.0 Å². The number of rotatable bonds is 12. The predicted octanol–water partition coefficient (Wildman–Crippen LogP) is 6.89. The smallest absolute Gasteiger partial charge is 0.122 e. The van der Waals surface area contributed by atoms with Crippen LogP contribution in [-0.2, 0) is 6.42 Å². The third kappa shape index (κ3) is 8.26. The molecule has 1 rings (SSSR count). The second-order valence-corrected chi connectivity index (χ2v) is 6.33. The predicted molar refractivity (Wildman–Crippen MR) is 98.4 cm³/mol. The van der Waals surface area contributed by atoms with Crippen molar-refractivity contribution in [1.82, 2.24) is 0 Å². The number of aromatic hydroxyl groups is 1. The molecular weight excluding hydrogens is 268 g/mol. The first-order chi connectivity index (χ1) is 10.8. The van der Waals surface area contributed by atoms with E-state index < -0.39 is 0 Å². The molecule has 1 aromatic rings. The van der Waals surface area contributed by atoms with Gasteiger partial charge in [0.1, 0.15) is 5.75 Å². The summed E-state index contributed by atoms with van der Waals surface area (Å²) in [7, 11) is 0. The van der Waals surface area contributed by atoms with Crippen molar-refractivity contribution in [3.8, 4) is 5.75 Å². The number of aryl methyl sites for hydroxylation is 1. The molecule has 0 aromatic heterocycles. The highest BCUT2D eigenvalue weighted by Gasteiger charge is 2.00. The summed E-state index contributed by atoms with van der Waals surface area (Å²) in [6.07, 6.45) is 18.8. The number of unbranched alkanes of at least 4 members (excludes halogenated alkanes) is 9. The average Bonchev–Trinajstić information content (AvgIpc) is 2.52. The molecule has 0 aliphatic heterocycles. The van der Waals surface area contributed by atoms with E-state index in [4.69, 9.17) is 0 Å². The minimum absolute atomic E-state index is 0.380. The Morgan fingerprint density at radius 3 is 2.05 bits per heavy atom. The number of hydrogen-bond donors (Lipinski definition) is 1. The fraction of sp³-hybridized carbons (Fsp3) is 0.619. The second-order valence-electron chi connectivity index (χ2n) is 6.33. The molecule has 0 bridgehead atoms. The van der Waals surface area contributed by atoms with Crippen LogP contribution in [0.15, 0.2) is 24.3 Å². The van der Waals surface area contributed by atoms with Gasteiger partial charge in [-0.15, -0.1) is 0 Å². The van der Waals surface area contributed by atoms with E-state index in [-0.39, 0.29) is 0 Å². The molecule has 0 fully saturated rings. The molecule has 1 nitrogen and oxygen atoms in total. The van der Waals surface area contributed by atoms with Crippen LogP contribution in [0.2, 0.25) is 0 Å². The van der Waals surface area contributed by atoms with Gasteiger partial charge in [0.15, 0.2) is 0 Å². The second kappa shape index (κ2) is 12.3. The van der Waals surface area contributed by atoms with Crippen molar-refractivity contribution in [2.45, 2.75) is 84.5 Å². The number of phenolic OH excluding ortho intramolecular Hbond substituents is 1. The van der Waals surface area contributed by atoms with Gasteiger partial charge in [-0.1, -0.05) is 82.9 Å². The maximum absolute atomic E-state index is 9.76. The molecule has 0 atom stereocenters. The van der Waals surface area contributed by atoms with Gasteiger partial charge in [0.2, 0.25) is 0 Å². The Kier molecular flexibility index (Phi) is 10.5. The molecule has 0 aliphatic carbocycles. The number of allylic oxidation sites excluding steroid dienone is 1. The molecule has 124 valence electrons. The summed E-state index contributed by atoms with van der Waals surface area (Å²) in [6, 6.07) is 5.99. The maximum Gasteiger partial charge on any atom is 0.122 e. The van der Waals surface area contributed by atoms with Crippen molar-refractivity contribution < 1.29 is 5.11 Å². The van der Waals surface area contributed by atoms with E-state index in [1.807, 2.05) is 25.1 Å². The highest BCUT2D eigenvalue weighted by molar-refractivity contribution is 5.57. The van der Waals surface area contributed by atoms with Crippen molar-refractivity contribution in [1.29, 1.82) is 0 Å². The van der Waals surface area contributed by atoms with Crippen LogP contribution in [0.4, 0.5) is 0 Å². The Morgan fingerprint density at radius 1 is 0.864 bits per heavy atom. The molecule has 22 heavy (non-hydrogen) atoms. The molecule has 0 heterocycles. The summed E-state index contributed by atoms with van der Waals surface area (Å²) in [6.45, 7) is 4.25. The minimum atomic E-state index is 0.380. The Hall–Kier alpha value is -1.24. The summed E-state index contributed by atoms with van der Waals surface area (Å²) in [5, 5.41) is 9.76. The summed E-state index contributed by atoms with van der Waals surface area (Å²) >= 11 is 0. The van der Waals surface area contributed by atoms with Gasteiger partial charge < -0.3 is 5.11 Å². The summed E-state index contributed by atoms with van der Waals surface area (Å²) < 4.78 is 0. The molecule has 0 unspecified atom stereocenters. The molecular formula is C21H34O. The first kappa shape index (κ1) is 18.8. The Morgan fingerprint density at radius 2 is 1.45 bits per heavy atom. The minimum Gasteiger partial charge on any atom is -0.507 e. The zero-order chi connectivity index (χ0) is 16.0. The van der Waals surface area contributed by atoms with Crippen molar-refractivity contribution in [2.24, 2.45) is 0 Å². The highest BCUT2D eigenvalue weighted by Crippen LogP contribution is 2.21. The average molecular weight is 303 g/mol. The van der Waals surface area contributed by atoms with Gasteiger partial charge in [-0.2, -0.15) is 0 Å². The topological polar surface area (TPSA) is 20.2 Å². The molecule has 0 saturated carbocycles. The van der Waals surface area contributed by atoms with Crippen LogP contribution >= 0.6 is 0 Å². The maximum atomic E-state index is 9.76. The molecule has 0 amide bonds. The van der Waals surface area contributed by atoms with Gasteiger partial charge in [0.25, 0.3) is 0 Å². The van der Waals surface area contributed by atoms with Crippen LogP contribution in [0.25, 0.3) is 6.08 Å². The lowest BCUT2D eigenvalue weighted by molar-refractivity contribution is 0.473. The van der Waals surface area contributed by atoms with E-state index in [1.165, 1.54) is 69.8 Å². The van der Waals surface area contributed by atoms with Crippen molar-refractivity contribution in [3.05, 3.63) is 35.4 Å². The van der Waals surface area contributed by atoms with Crippen LogP contribution in [0, 0.1) is 0 Å². The molecule has 1 N–H and O–H groups in total. The van der Waals surface area contributed by atoms with E-state index in [0.29, 0.717) is 5.75 Å². The molecule has 1 heteroatoms. The quantitative estimate of drug-likeness (QED) is 0.417. The molecule has 0 spiro atoms. The lowest BCUT2D eigenvalue weighted by atomic mass is 10.0. The SMILES string of the molecule is C/C=C/c1cc(CCCCCCCCCCCC)ccc1O. The van der Waals surface area contributed by atoms with Gasteiger partial charge in [-0.05, 0) is 37.5 Å². The zero-order valence-corrected chi connectivity index (χ0v) is 14.6. The molecule has 1 aromatic carbocycles. The summed E-state index contributed by atoms with van der Waals surface area (Å²) in [5.41, 5.74) is 2.28. The van der Waals surface area contributed by atoms with E-state index in [1.54, 1.807) is 0 Å². The van der Waals surface area contributed by atoms with Gasteiger partial charge in [-0.25, -0.2) is 0 Å². The lowest BCUT2D eigenvalue weighted by Gasteiger charge is -2.05. The number of hydrogen-bond acceptors (Lipinski definition) is 1. The van der Waals surface area contributed by atoms with Gasteiger partial charge in [-0.3, -0.25) is 0 Å². The monoisotopic (exact) mass is 302 g/mol. The largest absolute Gasteiger partial charge is 0.507 e. The fourth-order valence-electron chi connectivity index (χ4n) is 2.89. The number of phenols is 1. The Labute approximate surface area is 137 Å². The van der Waals surface area contributed by atoms with Crippen LogP contribution < -0.4 is 0 Å². The summed E-state index contributed by atoms with van der Waals surface area (Å²) in [4.78, 5) is 0. The summed E-state index contributed by atoms with van der Waals surface area (Å²) in [5.74, 6) is 0.380. The molecule has 0 aliphatic rings. The van der Waals surface area contributed by atoms with E-state index in [2.05, 4.69) is 19.1 Å². The van der Waals surface area contributed by atoms with Crippen molar-refractivity contribution in [2.75, 3.05) is 0 Å². The molecule has 0 saturated heterocycles. The van der Waals surface area contributed by atoms with E-state index in [9.17, 15) is 5.11 Å². The first-order valence-electron chi connectivity index (χ1n) is 9.22. The molecule has 0 radical (unpaired) electrons. The first-order valence-corrected chi connectivity index (χ1v) is 9.22. The lowest BCUT2D eigenvalue weighted by Crippen LogP contribution is -1.88. The number of benzene rings is 1. The van der Waals surface area contributed by atoms with Crippen LogP contribution in [0.1, 0.15) is 89.2 Å². The van der Waals surface area contributed by atoms with Crippen molar-refractivity contribution >= 4 is 6.08 Å². The zero-order valence-electron chi connectivity index (χ0n) is 14.6. The van der Waals surface area contributed by atoms with Gasteiger partial charge in [0, 0.05) is 5.56 Å². The van der Waals surface area contributed by atoms with Crippen LogP contribution in [0.5, 0.6) is 5.75 Å². The van der Waals surface area contributed by atoms with Crippen LogP contribution in [0.3, 0.4) is 0 Å². The Balaban J connectivity index is 2.08. The fourth-order valence-corrected chi connectivity index (χ4v) is 2.89. The van der Waals surface area contributed by atoms with Crippen LogP contribution in [-0.4, -0.2) is 5.11 Å².